The summed E-state index contributed by atoms with van der Waals surface area (Å²) in [6.07, 6.45) is 2.94. The van der Waals surface area contributed by atoms with Crippen molar-refractivity contribution >= 4 is 11.0 Å². The first kappa shape index (κ1) is 16.1. The third kappa shape index (κ3) is 2.86. The van der Waals surface area contributed by atoms with Crippen molar-refractivity contribution in [3.63, 3.8) is 0 Å². The summed E-state index contributed by atoms with van der Waals surface area (Å²) in [6, 6.07) is 5.10. The fourth-order valence-electron chi connectivity index (χ4n) is 3.68. The van der Waals surface area contributed by atoms with Gasteiger partial charge in [0.25, 0.3) is 0 Å². The van der Waals surface area contributed by atoms with Gasteiger partial charge in [-0.05, 0) is 81.8 Å². The maximum absolute atomic E-state index is 13.6. The Kier molecular flexibility index (Phi) is 4.16. The molecule has 2 aliphatic rings. The summed E-state index contributed by atoms with van der Waals surface area (Å²) in [5, 5.41) is 3.40. The summed E-state index contributed by atoms with van der Waals surface area (Å²) < 4.78 is 29.3. The first-order valence-electron chi connectivity index (χ1n) is 7.99. The minimum atomic E-state index is -1.13. The van der Waals surface area contributed by atoms with Crippen LogP contribution < -0.4 is 10.0 Å². The van der Waals surface area contributed by atoms with Crippen LogP contribution in [0.3, 0.4) is 0 Å². The molecule has 0 bridgehead atoms. The van der Waals surface area contributed by atoms with E-state index in [-0.39, 0.29) is 22.0 Å². The van der Waals surface area contributed by atoms with Gasteiger partial charge in [0.05, 0.1) is 21.8 Å². The van der Waals surface area contributed by atoms with Gasteiger partial charge >= 0.3 is 0 Å². The molecule has 0 radical (unpaired) electrons. The summed E-state index contributed by atoms with van der Waals surface area (Å²) in [4.78, 5) is 0. The molecule has 1 aliphatic heterocycles. The molecule has 0 saturated carbocycles. The van der Waals surface area contributed by atoms with E-state index in [9.17, 15) is 8.60 Å². The van der Waals surface area contributed by atoms with Gasteiger partial charge in [0.15, 0.2) is 0 Å². The van der Waals surface area contributed by atoms with Crippen molar-refractivity contribution in [2.45, 2.75) is 50.8 Å². The van der Waals surface area contributed by atoms with Gasteiger partial charge in [0.1, 0.15) is 5.82 Å². The minimum absolute atomic E-state index is 0.0465. The van der Waals surface area contributed by atoms with Crippen LogP contribution in [0.2, 0.25) is 0 Å². The molecule has 0 amide bonds. The van der Waals surface area contributed by atoms with Crippen molar-refractivity contribution in [3.05, 3.63) is 35.1 Å². The fraction of sp³-hybridized carbons (Fsp3) is 0.647. The molecular formula is C17H25FN2OS. The van der Waals surface area contributed by atoms with Gasteiger partial charge in [0.2, 0.25) is 0 Å². The predicted molar refractivity (Wildman–Crippen MR) is 88.4 cm³/mol. The monoisotopic (exact) mass is 324 g/mol. The summed E-state index contributed by atoms with van der Waals surface area (Å²) in [5.74, 6) is -0.180. The molecular weight excluding hydrogens is 299 g/mol. The zero-order chi connectivity index (χ0) is 16.0. The van der Waals surface area contributed by atoms with Crippen LogP contribution in [0.5, 0.6) is 0 Å². The van der Waals surface area contributed by atoms with Gasteiger partial charge in [0, 0.05) is 0 Å². The SMILES string of the molecule is CC(C)(C)S(=O)N[C@@H]1c2ccc(F)cc2CC12CCNCC2. The Hall–Kier alpha value is -0.780. The second-order valence-corrected chi connectivity index (χ2v) is 9.56. The lowest BCUT2D eigenvalue weighted by atomic mass is 9.73. The van der Waals surface area contributed by atoms with Crippen molar-refractivity contribution in [2.75, 3.05) is 13.1 Å². The first-order valence-corrected chi connectivity index (χ1v) is 9.14. The van der Waals surface area contributed by atoms with Gasteiger partial charge in [-0.25, -0.2) is 13.3 Å². The fourth-order valence-corrected chi connectivity index (χ4v) is 4.63. The molecule has 3 nitrogen and oxygen atoms in total. The minimum Gasteiger partial charge on any atom is -0.317 e. The van der Waals surface area contributed by atoms with E-state index in [4.69, 9.17) is 0 Å². The Bertz CT molecular complexity index is 591. The topological polar surface area (TPSA) is 41.1 Å². The summed E-state index contributed by atoms with van der Waals surface area (Å²) in [5.41, 5.74) is 2.26. The molecule has 2 atom stereocenters. The number of hydrogen-bond acceptors (Lipinski definition) is 2. The van der Waals surface area contributed by atoms with Crippen LogP contribution in [0, 0.1) is 11.2 Å². The van der Waals surface area contributed by atoms with Crippen LogP contribution in [0.1, 0.15) is 50.8 Å². The number of piperidine rings is 1. The molecule has 1 aromatic carbocycles. The smallest absolute Gasteiger partial charge is 0.123 e. The van der Waals surface area contributed by atoms with E-state index in [1.807, 2.05) is 26.8 Å². The second-order valence-electron chi connectivity index (χ2n) is 7.56. The lowest BCUT2D eigenvalue weighted by Gasteiger charge is -2.40. The maximum atomic E-state index is 13.6. The molecule has 5 heteroatoms. The number of fused-ring (bicyclic) bond motifs is 1. The van der Waals surface area contributed by atoms with E-state index in [0.29, 0.717) is 0 Å². The van der Waals surface area contributed by atoms with Crippen molar-refractivity contribution in [1.82, 2.24) is 10.0 Å². The molecule has 3 rings (SSSR count). The number of benzene rings is 1. The molecule has 0 aromatic heterocycles. The number of rotatable bonds is 2. The molecule has 2 N–H and O–H groups in total. The van der Waals surface area contributed by atoms with Crippen LogP contribution in [0.25, 0.3) is 0 Å². The molecule has 1 heterocycles. The normalized spacial score (nSPS) is 25.2. The summed E-state index contributed by atoms with van der Waals surface area (Å²) >= 11 is 0. The Morgan fingerprint density at radius 1 is 1.32 bits per heavy atom. The Labute approximate surface area is 134 Å². The second kappa shape index (κ2) is 5.69. The maximum Gasteiger partial charge on any atom is 0.123 e. The van der Waals surface area contributed by atoms with E-state index in [2.05, 4.69) is 10.0 Å². The van der Waals surface area contributed by atoms with Gasteiger partial charge in [-0.1, -0.05) is 6.07 Å². The Balaban J connectivity index is 1.96. The molecule has 1 aromatic rings. The van der Waals surface area contributed by atoms with E-state index in [1.165, 1.54) is 6.07 Å². The quantitative estimate of drug-likeness (QED) is 0.878. The van der Waals surface area contributed by atoms with Crippen LogP contribution in [0.4, 0.5) is 4.39 Å². The van der Waals surface area contributed by atoms with E-state index in [0.717, 1.165) is 43.5 Å². The Morgan fingerprint density at radius 2 is 2.00 bits per heavy atom. The molecule has 1 saturated heterocycles. The lowest BCUT2D eigenvalue weighted by molar-refractivity contribution is 0.164. The Morgan fingerprint density at radius 3 is 2.64 bits per heavy atom. The average molecular weight is 324 g/mol. The highest BCUT2D eigenvalue weighted by Crippen LogP contribution is 2.51. The standard InChI is InChI=1S/C17H25FN2OS/c1-16(2,3)22(21)20-15-14-5-4-13(18)10-12(14)11-17(15)6-8-19-9-7-17/h4-5,10,15,19-20H,6-9,11H2,1-3H3/t15-,22?/m1/s1. The molecule has 1 aliphatic carbocycles. The highest BCUT2D eigenvalue weighted by molar-refractivity contribution is 7.84. The predicted octanol–water partition coefficient (Wildman–Crippen LogP) is 2.84. The van der Waals surface area contributed by atoms with E-state index in [1.54, 1.807) is 6.07 Å². The van der Waals surface area contributed by atoms with Crippen LogP contribution in [-0.2, 0) is 17.4 Å². The summed E-state index contributed by atoms with van der Waals surface area (Å²) in [6.45, 7) is 7.87. The molecule has 1 spiro atoms. The first-order chi connectivity index (χ1) is 10.3. The highest BCUT2D eigenvalue weighted by atomic mass is 32.2. The van der Waals surface area contributed by atoms with Gasteiger partial charge < -0.3 is 5.32 Å². The number of halogens is 1. The third-order valence-electron chi connectivity index (χ3n) is 4.95. The zero-order valence-corrected chi connectivity index (χ0v) is 14.4. The number of nitrogens with one attached hydrogen (secondary N) is 2. The van der Waals surface area contributed by atoms with Crippen molar-refractivity contribution in [3.8, 4) is 0 Å². The lowest BCUT2D eigenvalue weighted by Crippen LogP contribution is -2.46. The van der Waals surface area contributed by atoms with Crippen molar-refractivity contribution in [1.29, 1.82) is 0 Å². The molecule has 122 valence electrons. The third-order valence-corrected chi connectivity index (χ3v) is 6.51. The largest absolute Gasteiger partial charge is 0.317 e. The van der Waals surface area contributed by atoms with Crippen LogP contribution in [-0.4, -0.2) is 22.0 Å². The van der Waals surface area contributed by atoms with Gasteiger partial charge in [-0.2, -0.15) is 0 Å². The molecule has 1 fully saturated rings. The van der Waals surface area contributed by atoms with E-state index >= 15 is 0 Å². The highest BCUT2D eigenvalue weighted by Gasteiger charge is 2.47. The van der Waals surface area contributed by atoms with Gasteiger partial charge in [-0.3, -0.25) is 0 Å². The average Bonchev–Trinajstić information content (AvgIpc) is 2.71. The van der Waals surface area contributed by atoms with Crippen molar-refractivity contribution in [2.24, 2.45) is 5.41 Å². The van der Waals surface area contributed by atoms with Crippen LogP contribution in [0.15, 0.2) is 18.2 Å². The zero-order valence-electron chi connectivity index (χ0n) is 13.5. The van der Waals surface area contributed by atoms with Crippen LogP contribution >= 0.6 is 0 Å². The van der Waals surface area contributed by atoms with Gasteiger partial charge in [-0.15, -0.1) is 0 Å². The molecule has 1 unspecified atom stereocenters. The molecule has 22 heavy (non-hydrogen) atoms. The number of hydrogen-bond donors (Lipinski definition) is 2. The van der Waals surface area contributed by atoms with Crippen molar-refractivity contribution < 1.29 is 8.60 Å². The summed E-state index contributed by atoms with van der Waals surface area (Å²) in [7, 11) is -1.13. The van der Waals surface area contributed by atoms with E-state index < -0.39 is 11.0 Å².